The average Bonchev–Trinajstić information content (AvgIpc) is 1.76. The molecule has 0 amide bonds. The molecule has 0 bridgehead atoms. The van der Waals surface area contributed by atoms with E-state index in [0.717, 1.165) is 13.0 Å². The van der Waals surface area contributed by atoms with Crippen molar-refractivity contribution in [2.45, 2.75) is 6.42 Å². The van der Waals surface area contributed by atoms with Crippen molar-refractivity contribution in [3.05, 3.63) is 0 Å². The molecule has 0 atom stereocenters. The zero-order chi connectivity index (χ0) is 3.54. The molecule has 5 heavy (non-hydrogen) atoms. The van der Waals surface area contributed by atoms with Crippen molar-refractivity contribution in [2.24, 2.45) is 0 Å². The Morgan fingerprint density at radius 3 is 3.00 bits per heavy atom. The minimum atomic E-state index is 1.03. The molecular formula is C3H6N2+. The summed E-state index contributed by atoms with van der Waals surface area (Å²) in [4.78, 5) is 0. The van der Waals surface area contributed by atoms with Crippen LogP contribution in [0.25, 0.3) is 0 Å². The molecule has 1 rings (SSSR count). The first-order valence-corrected chi connectivity index (χ1v) is 1.74. The van der Waals surface area contributed by atoms with E-state index in [9.17, 15) is 0 Å². The standard InChI is InChI=1S/C3H6N2/c1-2-4-5-3-1/h2,5H,1,3H2/q+1. The predicted molar refractivity (Wildman–Crippen MR) is 20.8 cm³/mol. The second-order valence-corrected chi connectivity index (χ2v) is 1.01. The van der Waals surface area contributed by atoms with Gasteiger partial charge in [-0.25, -0.2) is 0 Å². The topological polar surface area (TPSA) is 26.1 Å². The van der Waals surface area contributed by atoms with E-state index in [1.807, 2.05) is 6.21 Å². The largest absolute Gasteiger partial charge is 0.253 e. The van der Waals surface area contributed by atoms with Crippen LogP contribution >= 0.6 is 0 Å². The predicted octanol–water partition coefficient (Wildman–Crippen LogP) is -0.699. The Hall–Kier alpha value is -0.530. The average molecular weight is 70.1 g/mol. The summed E-state index contributed by atoms with van der Waals surface area (Å²) in [6.07, 6.45) is 2.97. The van der Waals surface area contributed by atoms with Gasteiger partial charge in [-0.2, -0.15) is 0 Å². The SMILES string of the molecule is C1=[N+]NCC1. The molecule has 0 aromatic heterocycles. The maximum atomic E-state index is 3.71. The second kappa shape index (κ2) is 1.06. The Bertz CT molecular complexity index is 42.9. The molecule has 2 nitrogen and oxygen atoms in total. The van der Waals surface area contributed by atoms with E-state index >= 15 is 0 Å². The van der Waals surface area contributed by atoms with Crippen molar-refractivity contribution in [2.75, 3.05) is 6.54 Å². The van der Waals surface area contributed by atoms with E-state index in [1.54, 1.807) is 0 Å². The maximum Gasteiger partial charge on any atom is 0.253 e. The molecule has 0 unspecified atom stereocenters. The normalized spacial score (nSPS) is 19.2. The van der Waals surface area contributed by atoms with Gasteiger partial charge >= 0.3 is 0 Å². The lowest BCUT2D eigenvalue weighted by molar-refractivity contribution is 0.750. The molecule has 1 aliphatic heterocycles. The number of hydrogen-bond acceptors (Lipinski definition) is 2. The fraction of sp³-hybridized carbons (Fsp3) is 0.667. The lowest BCUT2D eigenvalue weighted by Crippen LogP contribution is -2.07. The molecule has 1 N–H and O–H groups in total. The Labute approximate surface area is 30.9 Å². The number of nitrogens with one attached hydrogen (secondary N) is 1. The van der Waals surface area contributed by atoms with Gasteiger partial charge in [0.2, 0.25) is 0 Å². The van der Waals surface area contributed by atoms with Crippen LogP contribution in [-0.2, 0) is 0 Å². The smallest absolute Gasteiger partial charge is 0.133 e. The van der Waals surface area contributed by atoms with E-state index < -0.39 is 0 Å². The molecule has 2 heteroatoms. The molecule has 1 radical (unpaired) electrons. The van der Waals surface area contributed by atoms with Crippen LogP contribution in [0.15, 0.2) is 0 Å². The van der Waals surface area contributed by atoms with Crippen LogP contribution in [0.1, 0.15) is 6.42 Å². The van der Waals surface area contributed by atoms with Crippen LogP contribution in [0.4, 0.5) is 0 Å². The van der Waals surface area contributed by atoms with Gasteiger partial charge < -0.3 is 0 Å². The minimum Gasteiger partial charge on any atom is -0.133 e. The first-order chi connectivity index (χ1) is 2.50. The summed E-state index contributed by atoms with van der Waals surface area (Å²) in [5, 5.41) is 3.71. The van der Waals surface area contributed by atoms with E-state index in [1.165, 1.54) is 0 Å². The summed E-state index contributed by atoms with van der Waals surface area (Å²) in [7, 11) is 0. The summed E-state index contributed by atoms with van der Waals surface area (Å²) < 4.78 is 0. The Morgan fingerprint density at radius 2 is 2.80 bits per heavy atom. The number of hydrogen-bond donors (Lipinski definition) is 1. The summed E-state index contributed by atoms with van der Waals surface area (Å²) in [5.41, 5.74) is 2.79. The number of rotatable bonds is 0. The van der Waals surface area contributed by atoms with Gasteiger partial charge in [0.1, 0.15) is 0 Å². The highest BCUT2D eigenvalue weighted by Gasteiger charge is 1.98. The van der Waals surface area contributed by atoms with Gasteiger partial charge in [0.25, 0.3) is 6.21 Å². The van der Waals surface area contributed by atoms with Crippen LogP contribution in [0.2, 0.25) is 0 Å². The third-order valence-electron chi connectivity index (χ3n) is 0.568. The molecule has 0 spiro atoms. The Kier molecular flexibility index (Phi) is 0.571. The van der Waals surface area contributed by atoms with E-state index in [4.69, 9.17) is 0 Å². The van der Waals surface area contributed by atoms with Crippen molar-refractivity contribution in [1.29, 1.82) is 0 Å². The number of hydrazone groups is 1. The molecule has 0 aromatic rings. The molecule has 0 saturated carbocycles. The van der Waals surface area contributed by atoms with Crippen molar-refractivity contribution in [1.82, 2.24) is 10.5 Å². The van der Waals surface area contributed by atoms with Gasteiger partial charge in [-0.1, -0.05) is 0 Å². The molecule has 1 heterocycles. The van der Waals surface area contributed by atoms with Crippen molar-refractivity contribution >= 4 is 6.21 Å². The zero-order valence-electron chi connectivity index (χ0n) is 2.94. The van der Waals surface area contributed by atoms with Crippen LogP contribution in [-0.4, -0.2) is 12.8 Å². The van der Waals surface area contributed by atoms with E-state index in [0.29, 0.717) is 0 Å². The summed E-state index contributed by atoms with van der Waals surface area (Å²) >= 11 is 0. The van der Waals surface area contributed by atoms with Gasteiger partial charge in [0.15, 0.2) is 5.10 Å². The molecule has 0 fully saturated rings. The summed E-state index contributed by atoms with van der Waals surface area (Å²) in [6.45, 7) is 1.03. The van der Waals surface area contributed by atoms with Crippen molar-refractivity contribution in [3.8, 4) is 0 Å². The summed E-state index contributed by atoms with van der Waals surface area (Å²) in [6, 6.07) is 0. The van der Waals surface area contributed by atoms with E-state index in [2.05, 4.69) is 10.5 Å². The molecule has 0 saturated heterocycles. The highest BCUT2D eigenvalue weighted by atomic mass is 15.3. The summed E-state index contributed by atoms with van der Waals surface area (Å²) in [5.74, 6) is 0. The first kappa shape index (κ1) is 2.69. The Morgan fingerprint density at radius 1 is 1.80 bits per heavy atom. The first-order valence-electron chi connectivity index (χ1n) is 1.74. The third-order valence-corrected chi connectivity index (χ3v) is 0.568. The molecular weight excluding hydrogens is 64.0 g/mol. The van der Waals surface area contributed by atoms with Crippen LogP contribution < -0.4 is 10.5 Å². The van der Waals surface area contributed by atoms with Gasteiger partial charge in [-0.3, -0.25) is 0 Å². The van der Waals surface area contributed by atoms with Crippen LogP contribution in [0.3, 0.4) is 0 Å². The second-order valence-electron chi connectivity index (χ2n) is 1.01. The number of nitrogens with zero attached hydrogens (tertiary/aromatic N) is 1. The molecule has 1 aliphatic rings. The van der Waals surface area contributed by atoms with Gasteiger partial charge in [-0.05, 0) is 0 Å². The monoisotopic (exact) mass is 70.1 g/mol. The minimum absolute atomic E-state index is 1.03. The lowest BCUT2D eigenvalue weighted by atomic mass is 10.5. The molecule has 27 valence electrons. The third kappa shape index (κ3) is 0.375. The lowest BCUT2D eigenvalue weighted by Gasteiger charge is -1.62. The Balaban J connectivity index is 2.32. The van der Waals surface area contributed by atoms with Gasteiger partial charge in [-0.15, -0.1) is 5.43 Å². The van der Waals surface area contributed by atoms with E-state index in [-0.39, 0.29) is 0 Å². The highest BCUT2D eigenvalue weighted by Crippen LogP contribution is 1.67. The van der Waals surface area contributed by atoms with Crippen molar-refractivity contribution < 1.29 is 0 Å². The van der Waals surface area contributed by atoms with Gasteiger partial charge in [0, 0.05) is 0 Å². The highest BCUT2D eigenvalue weighted by molar-refractivity contribution is 5.57. The van der Waals surface area contributed by atoms with Crippen molar-refractivity contribution in [3.63, 3.8) is 0 Å². The fourth-order valence-electron chi connectivity index (χ4n) is 0.323. The zero-order valence-corrected chi connectivity index (χ0v) is 2.94. The quantitative estimate of drug-likeness (QED) is 0.401. The maximum absolute atomic E-state index is 3.71. The molecule has 0 aliphatic carbocycles. The van der Waals surface area contributed by atoms with Crippen LogP contribution in [0, 0.1) is 0 Å². The molecule has 0 aromatic carbocycles. The van der Waals surface area contributed by atoms with Crippen LogP contribution in [0.5, 0.6) is 0 Å². The fourth-order valence-corrected chi connectivity index (χ4v) is 0.323. The van der Waals surface area contributed by atoms with Gasteiger partial charge in [0.05, 0.1) is 13.0 Å².